The Morgan fingerprint density at radius 1 is 1.03 bits per heavy atom. The second kappa shape index (κ2) is 6.63. The van der Waals surface area contributed by atoms with E-state index >= 15 is 0 Å². The second-order valence-corrected chi connectivity index (χ2v) is 8.59. The van der Waals surface area contributed by atoms with E-state index < -0.39 is 28.2 Å². The molecule has 0 saturated carbocycles. The first kappa shape index (κ1) is 19.2. The molecule has 3 aliphatic heterocycles. The molecule has 7 nitrogen and oxygen atoms in total. The Balaban J connectivity index is 1.51. The lowest BCUT2D eigenvalue weighted by Crippen LogP contribution is -2.59. The molecule has 6 rings (SSSR count). The van der Waals surface area contributed by atoms with Gasteiger partial charge in [0.15, 0.2) is 0 Å². The number of cyclic esters (lactones) is 1. The Labute approximate surface area is 177 Å². The zero-order chi connectivity index (χ0) is 21.1. The smallest absolute Gasteiger partial charge is 0.337 e. The van der Waals surface area contributed by atoms with Crippen molar-refractivity contribution in [3.63, 3.8) is 0 Å². The monoisotopic (exact) mass is 427 g/mol. The lowest BCUT2D eigenvalue weighted by molar-refractivity contribution is -0.437. The average Bonchev–Trinajstić information content (AvgIpc) is 2.74. The van der Waals surface area contributed by atoms with Crippen molar-refractivity contribution in [3.8, 4) is 0 Å². The highest BCUT2D eigenvalue weighted by Gasteiger charge is 2.61. The van der Waals surface area contributed by atoms with Crippen LogP contribution >= 0.6 is 11.6 Å². The van der Waals surface area contributed by atoms with Gasteiger partial charge in [0.25, 0.3) is 5.69 Å². The van der Waals surface area contributed by atoms with Gasteiger partial charge < -0.3 is 4.74 Å². The minimum Gasteiger partial charge on any atom is -0.454 e. The Morgan fingerprint density at radius 3 is 2.37 bits per heavy atom. The molecular formula is C22H18ClNO6. The molecule has 1 aliphatic carbocycles. The van der Waals surface area contributed by atoms with E-state index in [9.17, 15) is 14.9 Å². The number of halogens is 1. The van der Waals surface area contributed by atoms with Crippen LogP contribution in [0, 0.1) is 10.1 Å². The fourth-order valence-electron chi connectivity index (χ4n) is 4.64. The fourth-order valence-corrected chi connectivity index (χ4v) is 4.76. The van der Waals surface area contributed by atoms with Gasteiger partial charge in [0.2, 0.25) is 0 Å². The highest BCUT2D eigenvalue weighted by atomic mass is 35.5. The van der Waals surface area contributed by atoms with E-state index in [1.807, 2.05) is 19.1 Å². The van der Waals surface area contributed by atoms with E-state index in [-0.39, 0.29) is 11.6 Å². The number of non-ortho nitro benzene ring substituents is 1. The van der Waals surface area contributed by atoms with Gasteiger partial charge in [0.05, 0.1) is 10.5 Å². The molecule has 2 aromatic rings. The van der Waals surface area contributed by atoms with Gasteiger partial charge >= 0.3 is 5.97 Å². The third kappa shape index (κ3) is 2.93. The van der Waals surface area contributed by atoms with Crippen molar-refractivity contribution in [2.45, 2.75) is 43.0 Å². The van der Waals surface area contributed by atoms with Crippen LogP contribution in [0.15, 0.2) is 60.2 Å². The van der Waals surface area contributed by atoms with Gasteiger partial charge in [0, 0.05) is 29.5 Å². The number of hydrogen-bond acceptors (Lipinski definition) is 6. The predicted octanol–water partition coefficient (Wildman–Crippen LogP) is 4.81. The molecule has 0 aromatic heterocycles. The molecule has 30 heavy (non-hydrogen) atoms. The minimum absolute atomic E-state index is 0.0282. The second-order valence-electron chi connectivity index (χ2n) is 8.16. The van der Waals surface area contributed by atoms with Crippen molar-refractivity contribution in [1.82, 2.24) is 0 Å². The molecule has 4 aliphatic rings. The van der Waals surface area contributed by atoms with Crippen LogP contribution in [0.5, 0.6) is 0 Å². The number of rotatable bonds is 3. The quantitative estimate of drug-likeness (QED) is 0.302. The van der Waals surface area contributed by atoms with Crippen molar-refractivity contribution in [2.75, 3.05) is 0 Å². The summed E-state index contributed by atoms with van der Waals surface area (Å²) >= 11 is 5.98. The van der Waals surface area contributed by atoms with E-state index in [1.165, 1.54) is 12.1 Å². The lowest BCUT2D eigenvalue weighted by atomic mass is 9.64. The van der Waals surface area contributed by atoms with Gasteiger partial charge in [-0.2, -0.15) is 0 Å². The molecule has 2 bridgehead atoms. The van der Waals surface area contributed by atoms with Crippen LogP contribution in [0.2, 0.25) is 5.02 Å². The van der Waals surface area contributed by atoms with Crippen molar-refractivity contribution < 1.29 is 24.2 Å². The highest BCUT2D eigenvalue weighted by molar-refractivity contribution is 6.30. The molecule has 2 fully saturated rings. The average molecular weight is 428 g/mol. The number of benzene rings is 2. The SMILES string of the molecule is C[C@@]12C=C3C(=O)OC(c4ccc(Cl)cc4)C[C@]3(CC1c1ccc([N+](=O)[O-])cc1)OO2. The lowest BCUT2D eigenvalue weighted by Gasteiger charge is -2.54. The Hall–Kier alpha value is -2.74. The first-order valence-corrected chi connectivity index (χ1v) is 9.98. The summed E-state index contributed by atoms with van der Waals surface area (Å²) < 4.78 is 5.70. The summed E-state index contributed by atoms with van der Waals surface area (Å²) in [5.74, 6) is -0.551. The molecule has 4 atom stereocenters. The van der Waals surface area contributed by atoms with Crippen molar-refractivity contribution in [1.29, 1.82) is 0 Å². The molecule has 2 saturated heterocycles. The number of hydrogen-bond donors (Lipinski definition) is 0. The number of carbonyl (C=O) groups is 1. The van der Waals surface area contributed by atoms with Crippen LogP contribution in [-0.4, -0.2) is 22.1 Å². The summed E-state index contributed by atoms with van der Waals surface area (Å²) in [6.07, 6.45) is 2.21. The Bertz CT molecular complexity index is 1070. The maximum absolute atomic E-state index is 12.8. The number of carbonyl (C=O) groups excluding carboxylic acids is 1. The molecule has 3 heterocycles. The Kier molecular flexibility index (Phi) is 4.25. The van der Waals surface area contributed by atoms with Gasteiger partial charge in [-0.1, -0.05) is 35.9 Å². The van der Waals surface area contributed by atoms with Crippen LogP contribution in [-0.2, 0) is 19.3 Å². The van der Waals surface area contributed by atoms with E-state index in [1.54, 1.807) is 30.3 Å². The van der Waals surface area contributed by atoms with Crippen molar-refractivity contribution in [2.24, 2.45) is 0 Å². The summed E-state index contributed by atoms with van der Waals surface area (Å²) in [5, 5.41) is 11.6. The molecule has 2 aromatic carbocycles. The Morgan fingerprint density at radius 2 is 1.70 bits per heavy atom. The molecule has 0 amide bonds. The maximum Gasteiger partial charge on any atom is 0.337 e. The number of nitro groups is 1. The number of ether oxygens (including phenoxy) is 1. The van der Waals surface area contributed by atoms with E-state index in [2.05, 4.69) is 0 Å². The summed E-state index contributed by atoms with van der Waals surface area (Å²) in [5.41, 5.74) is 0.405. The predicted molar refractivity (Wildman–Crippen MR) is 107 cm³/mol. The van der Waals surface area contributed by atoms with Crippen molar-refractivity contribution in [3.05, 3.63) is 86.4 Å². The first-order chi connectivity index (χ1) is 14.3. The van der Waals surface area contributed by atoms with Crippen LogP contribution in [0.25, 0.3) is 0 Å². The summed E-state index contributed by atoms with van der Waals surface area (Å²) in [6.45, 7) is 1.84. The van der Waals surface area contributed by atoms with Gasteiger partial charge in [-0.25, -0.2) is 14.6 Å². The number of fused-ring (bicyclic) bond motifs is 2. The number of nitro benzene ring substituents is 1. The largest absolute Gasteiger partial charge is 0.454 e. The zero-order valence-corrected chi connectivity index (χ0v) is 16.8. The molecule has 2 unspecified atom stereocenters. The van der Waals surface area contributed by atoms with E-state index in [0.29, 0.717) is 23.4 Å². The zero-order valence-electron chi connectivity index (χ0n) is 16.0. The summed E-state index contributed by atoms with van der Waals surface area (Å²) in [7, 11) is 0. The topological polar surface area (TPSA) is 87.9 Å². The van der Waals surface area contributed by atoms with E-state index in [4.69, 9.17) is 26.1 Å². The summed E-state index contributed by atoms with van der Waals surface area (Å²) in [4.78, 5) is 35.0. The molecular weight excluding hydrogens is 410 g/mol. The van der Waals surface area contributed by atoms with Gasteiger partial charge in [-0.3, -0.25) is 10.1 Å². The fraction of sp³-hybridized carbons (Fsp3) is 0.318. The number of esters is 1. The maximum atomic E-state index is 12.8. The van der Waals surface area contributed by atoms with E-state index in [0.717, 1.165) is 11.1 Å². The molecule has 0 radical (unpaired) electrons. The van der Waals surface area contributed by atoms with Crippen LogP contribution in [0.1, 0.15) is 42.9 Å². The minimum atomic E-state index is -0.941. The third-order valence-electron chi connectivity index (χ3n) is 6.26. The molecule has 1 spiro atoms. The summed E-state index contributed by atoms with van der Waals surface area (Å²) in [6, 6.07) is 13.6. The molecule has 154 valence electrons. The highest BCUT2D eigenvalue weighted by Crippen LogP contribution is 2.57. The van der Waals surface area contributed by atoms with Gasteiger partial charge in [-0.05, 0) is 42.7 Å². The normalized spacial score (nSPS) is 32.2. The first-order valence-electron chi connectivity index (χ1n) is 9.61. The molecule has 8 heteroatoms. The third-order valence-corrected chi connectivity index (χ3v) is 6.51. The van der Waals surface area contributed by atoms with Gasteiger partial charge in [0.1, 0.15) is 17.3 Å². The van der Waals surface area contributed by atoms with Crippen LogP contribution in [0.4, 0.5) is 5.69 Å². The van der Waals surface area contributed by atoms with Crippen molar-refractivity contribution >= 4 is 23.3 Å². The van der Waals surface area contributed by atoms with Gasteiger partial charge in [-0.15, -0.1) is 0 Å². The standard InChI is InChI=1S/C22H18ClNO6/c1-21-10-18-20(25)28-19(14-2-6-15(23)7-3-14)12-22(18,30-29-21)11-17(21)13-4-8-16(9-5-13)24(26)27/h2-10,17,19H,11-12H2,1H3/t17?,19?,21-,22+/m1/s1. The van der Waals surface area contributed by atoms with Crippen LogP contribution < -0.4 is 0 Å². The number of nitrogens with zero attached hydrogens (tertiary/aromatic N) is 1. The van der Waals surface area contributed by atoms with Crippen LogP contribution in [0.3, 0.4) is 0 Å². The molecule has 0 N–H and O–H groups in total.